The average Bonchev–Trinajstić information content (AvgIpc) is 2.82. The van der Waals surface area contributed by atoms with Gasteiger partial charge in [-0.1, -0.05) is 32.0 Å². The number of hydrogen-bond acceptors (Lipinski definition) is 4. The van der Waals surface area contributed by atoms with Gasteiger partial charge >= 0.3 is 0 Å². The first-order chi connectivity index (χ1) is 11.0. The Morgan fingerprint density at radius 3 is 2.42 bits per heavy atom. The molecule has 24 heavy (non-hydrogen) atoms. The predicted octanol–water partition coefficient (Wildman–Crippen LogP) is 4.66. The van der Waals surface area contributed by atoms with Crippen LogP contribution in [0.15, 0.2) is 30.3 Å². The van der Waals surface area contributed by atoms with Gasteiger partial charge in [0.2, 0.25) is 11.8 Å². The number of hydrogen-bond donors (Lipinski definition) is 1. The minimum Gasteiger partial charge on any atom is -0.437 e. The van der Waals surface area contributed by atoms with E-state index in [0.29, 0.717) is 17.7 Å². The Labute approximate surface area is 152 Å². The maximum Gasteiger partial charge on any atom is 0.248 e. The molecule has 0 radical (unpaired) electrons. The lowest BCUT2D eigenvalue weighted by Crippen LogP contribution is -2.09. The summed E-state index contributed by atoms with van der Waals surface area (Å²) in [5.41, 5.74) is 9.89. The molecule has 0 atom stereocenters. The Hall–Kier alpha value is -2.08. The molecule has 0 saturated heterocycles. The van der Waals surface area contributed by atoms with Gasteiger partial charge in [0, 0.05) is 12.2 Å². The van der Waals surface area contributed by atoms with Crippen molar-refractivity contribution in [2.75, 3.05) is 5.73 Å². The van der Waals surface area contributed by atoms with Crippen molar-refractivity contribution in [3.63, 3.8) is 0 Å². The molecular weight excluding hydrogens is 368 g/mol. The van der Waals surface area contributed by atoms with Crippen molar-refractivity contribution in [1.29, 1.82) is 0 Å². The second-order valence-electron chi connectivity index (χ2n) is 6.21. The van der Waals surface area contributed by atoms with E-state index in [1.807, 2.05) is 37.3 Å². The van der Waals surface area contributed by atoms with E-state index in [2.05, 4.69) is 35.3 Å². The second kappa shape index (κ2) is 7.21. The van der Waals surface area contributed by atoms with Crippen molar-refractivity contribution in [2.24, 2.45) is 5.92 Å². The number of fused-ring (bicyclic) bond motifs is 1. The number of ether oxygens (including phenoxy) is 1. The van der Waals surface area contributed by atoms with Gasteiger partial charge in [-0.15, -0.1) is 17.0 Å². The lowest BCUT2D eigenvalue weighted by Gasteiger charge is -2.13. The molecule has 0 aliphatic rings. The van der Waals surface area contributed by atoms with Gasteiger partial charge in [-0.05, 0) is 37.5 Å². The van der Waals surface area contributed by atoms with Crippen LogP contribution in [0, 0.1) is 19.8 Å². The standard InChI is InChI=1S/C18H22N4O.BrH/c1-11(2)10-22-16-12(3)13(4)20-17(15(16)21-18(22)19)23-14-8-6-5-7-9-14;/h5-9,11H,10H2,1-4H3,(H2,19,21);1H. The number of imidazole rings is 1. The predicted molar refractivity (Wildman–Crippen MR) is 103 cm³/mol. The van der Waals surface area contributed by atoms with Crippen molar-refractivity contribution >= 4 is 34.0 Å². The van der Waals surface area contributed by atoms with Crippen LogP contribution in [0.5, 0.6) is 11.6 Å². The number of nitrogens with two attached hydrogens (primary N) is 1. The Balaban J connectivity index is 0.00000208. The number of para-hydroxylation sites is 1. The topological polar surface area (TPSA) is 66.0 Å². The number of rotatable bonds is 4. The molecule has 0 aliphatic carbocycles. The third kappa shape index (κ3) is 3.38. The lowest BCUT2D eigenvalue weighted by molar-refractivity contribution is 0.466. The van der Waals surface area contributed by atoms with E-state index in [4.69, 9.17) is 10.5 Å². The monoisotopic (exact) mass is 390 g/mol. The summed E-state index contributed by atoms with van der Waals surface area (Å²) in [4.78, 5) is 9.09. The summed E-state index contributed by atoms with van der Waals surface area (Å²) in [6, 6.07) is 9.61. The number of aromatic nitrogens is 3. The van der Waals surface area contributed by atoms with Crippen LogP contribution < -0.4 is 10.5 Å². The zero-order valence-electron chi connectivity index (χ0n) is 14.4. The Kier molecular flexibility index (Phi) is 5.49. The highest BCUT2D eigenvalue weighted by atomic mass is 79.9. The first-order valence-corrected chi connectivity index (χ1v) is 7.83. The van der Waals surface area contributed by atoms with Crippen LogP contribution in [0.25, 0.3) is 11.0 Å². The van der Waals surface area contributed by atoms with Crippen molar-refractivity contribution in [1.82, 2.24) is 14.5 Å². The van der Waals surface area contributed by atoms with Crippen LogP contribution in [0.3, 0.4) is 0 Å². The van der Waals surface area contributed by atoms with E-state index in [9.17, 15) is 0 Å². The summed E-state index contributed by atoms with van der Waals surface area (Å²) in [6.45, 7) is 9.17. The highest BCUT2D eigenvalue weighted by molar-refractivity contribution is 8.93. The van der Waals surface area contributed by atoms with Crippen molar-refractivity contribution < 1.29 is 4.74 Å². The third-order valence-electron chi connectivity index (χ3n) is 3.87. The second-order valence-corrected chi connectivity index (χ2v) is 6.21. The van der Waals surface area contributed by atoms with E-state index in [1.54, 1.807) is 0 Å². The van der Waals surface area contributed by atoms with Crippen LogP contribution in [0.4, 0.5) is 5.95 Å². The van der Waals surface area contributed by atoms with E-state index >= 15 is 0 Å². The molecule has 2 N–H and O–H groups in total. The molecule has 0 amide bonds. The van der Waals surface area contributed by atoms with Gasteiger partial charge in [0.15, 0.2) is 5.52 Å². The van der Waals surface area contributed by atoms with E-state index in [-0.39, 0.29) is 17.0 Å². The maximum absolute atomic E-state index is 6.15. The van der Waals surface area contributed by atoms with Gasteiger partial charge in [0.1, 0.15) is 5.75 Å². The molecule has 0 spiro atoms. The summed E-state index contributed by atoms with van der Waals surface area (Å²) in [5.74, 6) is 2.22. The Bertz CT molecular complexity index is 843. The normalized spacial score (nSPS) is 10.9. The van der Waals surface area contributed by atoms with Crippen LogP contribution >= 0.6 is 17.0 Å². The molecule has 3 rings (SSSR count). The zero-order valence-corrected chi connectivity index (χ0v) is 16.1. The number of nitrogen functional groups attached to an aromatic ring is 1. The van der Waals surface area contributed by atoms with E-state index in [0.717, 1.165) is 34.6 Å². The zero-order chi connectivity index (χ0) is 16.6. The highest BCUT2D eigenvalue weighted by Gasteiger charge is 2.19. The quantitative estimate of drug-likeness (QED) is 0.703. The molecule has 2 aromatic heterocycles. The Morgan fingerprint density at radius 1 is 1.12 bits per heavy atom. The fourth-order valence-corrected chi connectivity index (χ4v) is 2.68. The first-order valence-electron chi connectivity index (χ1n) is 7.83. The molecular formula is C18H23BrN4O. The minimum absolute atomic E-state index is 0. The van der Waals surface area contributed by atoms with Gasteiger partial charge in [-0.2, -0.15) is 0 Å². The number of pyridine rings is 1. The van der Waals surface area contributed by atoms with Crippen LogP contribution in [0.1, 0.15) is 25.1 Å². The third-order valence-corrected chi connectivity index (χ3v) is 3.87. The van der Waals surface area contributed by atoms with Crippen molar-refractivity contribution in [3.8, 4) is 11.6 Å². The van der Waals surface area contributed by atoms with Crippen LogP contribution in [0.2, 0.25) is 0 Å². The summed E-state index contributed by atoms with van der Waals surface area (Å²) in [5, 5.41) is 0. The largest absolute Gasteiger partial charge is 0.437 e. The fourth-order valence-electron chi connectivity index (χ4n) is 2.68. The molecule has 3 aromatic rings. The summed E-state index contributed by atoms with van der Waals surface area (Å²) < 4.78 is 8.02. The molecule has 2 heterocycles. The van der Waals surface area contributed by atoms with Gasteiger partial charge in [-0.25, -0.2) is 9.97 Å². The van der Waals surface area contributed by atoms with Gasteiger partial charge in [0.25, 0.3) is 0 Å². The average molecular weight is 391 g/mol. The lowest BCUT2D eigenvalue weighted by atomic mass is 10.1. The minimum atomic E-state index is 0. The molecule has 0 aliphatic heterocycles. The molecule has 0 bridgehead atoms. The van der Waals surface area contributed by atoms with Crippen LogP contribution in [-0.2, 0) is 6.54 Å². The smallest absolute Gasteiger partial charge is 0.248 e. The number of aryl methyl sites for hydroxylation is 2. The SMILES string of the molecule is Br.Cc1nc(Oc2ccccc2)c2nc(N)n(CC(C)C)c2c1C. The first kappa shape index (κ1) is 18.3. The van der Waals surface area contributed by atoms with E-state index in [1.165, 1.54) is 0 Å². The fraction of sp³-hybridized carbons (Fsp3) is 0.333. The summed E-state index contributed by atoms with van der Waals surface area (Å²) in [6.07, 6.45) is 0. The highest BCUT2D eigenvalue weighted by Crippen LogP contribution is 2.32. The van der Waals surface area contributed by atoms with Gasteiger partial charge < -0.3 is 15.0 Å². The van der Waals surface area contributed by atoms with Crippen molar-refractivity contribution in [2.45, 2.75) is 34.2 Å². The molecule has 128 valence electrons. The van der Waals surface area contributed by atoms with Gasteiger partial charge in [0.05, 0.1) is 5.52 Å². The molecule has 6 heteroatoms. The van der Waals surface area contributed by atoms with Crippen molar-refractivity contribution in [3.05, 3.63) is 41.6 Å². The molecule has 0 saturated carbocycles. The number of halogens is 1. The van der Waals surface area contributed by atoms with Crippen LogP contribution in [-0.4, -0.2) is 14.5 Å². The maximum atomic E-state index is 6.15. The number of anilines is 1. The molecule has 0 unspecified atom stereocenters. The molecule has 0 fully saturated rings. The summed E-state index contributed by atoms with van der Waals surface area (Å²) >= 11 is 0. The summed E-state index contributed by atoms with van der Waals surface area (Å²) in [7, 11) is 0. The molecule has 1 aromatic carbocycles. The molecule has 5 nitrogen and oxygen atoms in total. The van der Waals surface area contributed by atoms with E-state index < -0.39 is 0 Å². The van der Waals surface area contributed by atoms with Gasteiger partial charge in [-0.3, -0.25) is 0 Å². The number of nitrogens with zero attached hydrogens (tertiary/aromatic N) is 3. The number of benzene rings is 1. The Morgan fingerprint density at radius 2 is 1.79 bits per heavy atom.